The summed E-state index contributed by atoms with van der Waals surface area (Å²) in [7, 11) is 0. The number of nitrogens with one attached hydrogen (secondary N) is 1. The maximum absolute atomic E-state index is 13.7. The number of piperidine rings is 1. The van der Waals surface area contributed by atoms with E-state index in [2.05, 4.69) is 26.1 Å². The summed E-state index contributed by atoms with van der Waals surface area (Å²) < 4.78 is 14.3. The van der Waals surface area contributed by atoms with Crippen LogP contribution in [0.3, 0.4) is 0 Å². The van der Waals surface area contributed by atoms with Crippen LogP contribution in [0, 0.1) is 11.7 Å². The molecule has 0 aromatic heterocycles. The van der Waals surface area contributed by atoms with E-state index in [9.17, 15) is 9.18 Å². The Bertz CT molecular complexity index is 496. The van der Waals surface area contributed by atoms with Gasteiger partial charge in [0.25, 0.3) is 0 Å². The van der Waals surface area contributed by atoms with Gasteiger partial charge in [0, 0.05) is 11.0 Å². The molecular formula is C15H21BrFN3O. The van der Waals surface area contributed by atoms with Gasteiger partial charge >= 0.3 is 0 Å². The standard InChI is InChI=1S/C15H21BrFN3O/c16-12-3-4-14(13(17)8-12)19-15(21)10-20-7-1-2-11(9-20)5-6-18/h3-4,8,11H,1-2,5-7,9-10,18H2,(H,19,21). The van der Waals surface area contributed by atoms with Gasteiger partial charge in [-0.05, 0) is 56.5 Å². The highest BCUT2D eigenvalue weighted by molar-refractivity contribution is 9.10. The Labute approximate surface area is 133 Å². The summed E-state index contributed by atoms with van der Waals surface area (Å²) in [5.74, 6) is -0.0389. The number of carbonyl (C=O) groups excluding carboxylic acids is 1. The molecule has 0 aliphatic carbocycles. The first kappa shape index (κ1) is 16.4. The lowest BCUT2D eigenvalue weighted by Gasteiger charge is -2.32. The highest BCUT2D eigenvalue weighted by Crippen LogP contribution is 2.21. The number of nitrogens with two attached hydrogens (primary N) is 1. The summed E-state index contributed by atoms with van der Waals surface area (Å²) in [6, 6.07) is 4.61. The second kappa shape index (κ2) is 7.87. The van der Waals surface area contributed by atoms with Crippen LogP contribution in [0.2, 0.25) is 0 Å². The fourth-order valence-corrected chi connectivity index (χ4v) is 3.08. The Balaban J connectivity index is 1.86. The van der Waals surface area contributed by atoms with E-state index < -0.39 is 5.82 Å². The second-order valence-electron chi connectivity index (χ2n) is 5.49. The van der Waals surface area contributed by atoms with Gasteiger partial charge in [0.2, 0.25) is 5.91 Å². The van der Waals surface area contributed by atoms with E-state index in [0.29, 0.717) is 23.5 Å². The molecule has 0 radical (unpaired) electrons. The number of hydrogen-bond donors (Lipinski definition) is 2. The number of hydrogen-bond acceptors (Lipinski definition) is 3. The molecule has 1 aromatic rings. The molecule has 4 nitrogen and oxygen atoms in total. The van der Waals surface area contributed by atoms with Crippen LogP contribution in [0.1, 0.15) is 19.3 Å². The van der Waals surface area contributed by atoms with Crippen LogP contribution in [0.5, 0.6) is 0 Å². The Morgan fingerprint density at radius 1 is 1.52 bits per heavy atom. The lowest BCUT2D eigenvalue weighted by molar-refractivity contribution is -0.117. The van der Waals surface area contributed by atoms with Gasteiger partial charge < -0.3 is 11.1 Å². The van der Waals surface area contributed by atoms with Crippen LogP contribution in [0.4, 0.5) is 10.1 Å². The molecule has 1 atom stereocenters. The number of carbonyl (C=O) groups is 1. The lowest BCUT2D eigenvalue weighted by atomic mass is 9.95. The van der Waals surface area contributed by atoms with Crippen molar-refractivity contribution < 1.29 is 9.18 Å². The van der Waals surface area contributed by atoms with Gasteiger partial charge in [-0.15, -0.1) is 0 Å². The van der Waals surface area contributed by atoms with E-state index in [1.807, 2.05) is 0 Å². The molecule has 1 amide bonds. The smallest absolute Gasteiger partial charge is 0.238 e. The molecule has 3 N–H and O–H groups in total. The van der Waals surface area contributed by atoms with Gasteiger partial charge in [-0.3, -0.25) is 9.69 Å². The van der Waals surface area contributed by atoms with E-state index in [1.165, 1.54) is 12.5 Å². The van der Waals surface area contributed by atoms with Gasteiger partial charge in [0.05, 0.1) is 12.2 Å². The third-order valence-corrected chi connectivity index (χ3v) is 4.24. The molecule has 0 bridgehead atoms. The zero-order valence-electron chi connectivity index (χ0n) is 11.9. The van der Waals surface area contributed by atoms with Crippen LogP contribution in [0.15, 0.2) is 22.7 Å². The molecule has 1 aromatic carbocycles. The number of halogens is 2. The van der Waals surface area contributed by atoms with Crippen LogP contribution in [0.25, 0.3) is 0 Å². The van der Waals surface area contributed by atoms with E-state index >= 15 is 0 Å². The van der Waals surface area contributed by atoms with Crippen LogP contribution in [-0.4, -0.2) is 37.0 Å². The Morgan fingerprint density at radius 2 is 2.33 bits per heavy atom. The number of benzene rings is 1. The zero-order valence-corrected chi connectivity index (χ0v) is 13.5. The third-order valence-electron chi connectivity index (χ3n) is 3.75. The van der Waals surface area contributed by atoms with Gasteiger partial charge in [-0.25, -0.2) is 4.39 Å². The largest absolute Gasteiger partial charge is 0.330 e. The quantitative estimate of drug-likeness (QED) is 0.851. The predicted octanol–water partition coefficient (Wildman–Crippen LogP) is 2.59. The summed E-state index contributed by atoms with van der Waals surface area (Å²) in [6.45, 7) is 2.80. The van der Waals surface area contributed by atoms with Crippen molar-refractivity contribution in [3.8, 4) is 0 Å². The van der Waals surface area contributed by atoms with E-state index in [4.69, 9.17) is 5.73 Å². The topological polar surface area (TPSA) is 58.4 Å². The third kappa shape index (κ3) is 5.05. The summed E-state index contributed by atoms with van der Waals surface area (Å²) >= 11 is 3.19. The molecule has 116 valence electrons. The molecule has 1 saturated heterocycles. The van der Waals surface area contributed by atoms with Crippen molar-refractivity contribution in [1.29, 1.82) is 0 Å². The van der Waals surface area contributed by atoms with E-state index in [-0.39, 0.29) is 11.6 Å². The van der Waals surface area contributed by atoms with Crippen LogP contribution in [-0.2, 0) is 4.79 Å². The predicted molar refractivity (Wildman–Crippen MR) is 85.6 cm³/mol. The van der Waals surface area contributed by atoms with Gasteiger partial charge in [0.15, 0.2) is 0 Å². The summed E-state index contributed by atoms with van der Waals surface area (Å²) in [6.07, 6.45) is 3.26. The SMILES string of the molecule is NCCC1CCCN(CC(=O)Nc2ccc(Br)cc2F)C1. The normalized spacial score (nSPS) is 19.5. The van der Waals surface area contributed by atoms with Crippen molar-refractivity contribution in [2.24, 2.45) is 11.7 Å². The first-order chi connectivity index (χ1) is 10.1. The second-order valence-corrected chi connectivity index (χ2v) is 6.41. The van der Waals surface area contributed by atoms with Crippen LogP contribution >= 0.6 is 15.9 Å². The minimum Gasteiger partial charge on any atom is -0.330 e. The minimum absolute atomic E-state index is 0.176. The first-order valence-corrected chi connectivity index (χ1v) is 8.05. The number of nitrogens with zero attached hydrogens (tertiary/aromatic N) is 1. The average molecular weight is 358 g/mol. The molecule has 0 saturated carbocycles. The van der Waals surface area contributed by atoms with Crippen LogP contribution < -0.4 is 11.1 Å². The summed E-state index contributed by atoms with van der Waals surface area (Å²) in [4.78, 5) is 14.1. The van der Waals surface area contributed by atoms with Crippen molar-refractivity contribution in [1.82, 2.24) is 4.90 Å². The highest BCUT2D eigenvalue weighted by atomic mass is 79.9. The molecule has 1 aliphatic heterocycles. The minimum atomic E-state index is -0.433. The van der Waals surface area contributed by atoms with Crippen molar-refractivity contribution in [3.63, 3.8) is 0 Å². The number of rotatable bonds is 5. The molecule has 1 aliphatic rings. The lowest BCUT2D eigenvalue weighted by Crippen LogP contribution is -2.41. The first-order valence-electron chi connectivity index (χ1n) is 7.26. The molecule has 1 unspecified atom stereocenters. The maximum atomic E-state index is 13.7. The molecule has 2 rings (SSSR count). The molecule has 6 heteroatoms. The summed E-state index contributed by atoms with van der Waals surface area (Å²) in [5.41, 5.74) is 5.81. The molecular weight excluding hydrogens is 337 g/mol. The fourth-order valence-electron chi connectivity index (χ4n) is 2.75. The fraction of sp³-hybridized carbons (Fsp3) is 0.533. The molecule has 0 spiro atoms. The molecule has 21 heavy (non-hydrogen) atoms. The van der Waals surface area contributed by atoms with E-state index in [1.54, 1.807) is 12.1 Å². The summed E-state index contributed by atoms with van der Waals surface area (Å²) in [5, 5.41) is 2.63. The Morgan fingerprint density at radius 3 is 3.05 bits per heavy atom. The Hall–Kier alpha value is -0.980. The maximum Gasteiger partial charge on any atom is 0.238 e. The van der Waals surface area contributed by atoms with Crippen molar-refractivity contribution in [2.45, 2.75) is 19.3 Å². The van der Waals surface area contributed by atoms with Crippen molar-refractivity contribution in [2.75, 3.05) is 31.5 Å². The van der Waals surface area contributed by atoms with Crippen molar-refractivity contribution in [3.05, 3.63) is 28.5 Å². The molecule has 1 heterocycles. The van der Waals surface area contributed by atoms with Gasteiger partial charge in [0.1, 0.15) is 5.82 Å². The average Bonchev–Trinajstić information content (AvgIpc) is 2.43. The van der Waals surface area contributed by atoms with E-state index in [0.717, 1.165) is 25.9 Å². The van der Waals surface area contributed by atoms with Gasteiger partial charge in [-0.2, -0.15) is 0 Å². The Kier molecular flexibility index (Phi) is 6.14. The number of anilines is 1. The number of amides is 1. The zero-order chi connectivity index (χ0) is 15.2. The number of likely N-dealkylation sites (tertiary alicyclic amines) is 1. The van der Waals surface area contributed by atoms with Gasteiger partial charge in [-0.1, -0.05) is 15.9 Å². The van der Waals surface area contributed by atoms with Crippen molar-refractivity contribution >= 4 is 27.5 Å². The monoisotopic (exact) mass is 357 g/mol. The molecule has 1 fully saturated rings. The highest BCUT2D eigenvalue weighted by Gasteiger charge is 2.21.